The molecule has 6 heteroatoms. The lowest BCUT2D eigenvalue weighted by Gasteiger charge is -2.32. The molecule has 2 aromatic heterocycles. The lowest BCUT2D eigenvalue weighted by atomic mass is 9.83. The largest absolute Gasteiger partial charge is 0.366 e. The van der Waals surface area contributed by atoms with E-state index in [0.717, 1.165) is 55.6 Å². The Morgan fingerprint density at radius 2 is 1.88 bits per heavy atom. The Morgan fingerprint density at radius 1 is 1.12 bits per heavy atom. The summed E-state index contributed by atoms with van der Waals surface area (Å²) in [7, 11) is 0. The molecule has 2 heterocycles. The van der Waals surface area contributed by atoms with Gasteiger partial charge in [0.25, 0.3) is 0 Å². The van der Waals surface area contributed by atoms with E-state index in [4.69, 9.17) is 10.7 Å². The van der Waals surface area contributed by atoms with E-state index >= 15 is 0 Å². The van der Waals surface area contributed by atoms with E-state index in [2.05, 4.69) is 41.6 Å². The highest BCUT2D eigenvalue weighted by atomic mass is 19.1. The minimum atomic E-state index is -0.325. The van der Waals surface area contributed by atoms with Gasteiger partial charge in [0.2, 0.25) is 0 Å². The van der Waals surface area contributed by atoms with Crippen molar-refractivity contribution in [2.45, 2.75) is 92.2 Å². The highest BCUT2D eigenvalue weighted by Crippen LogP contribution is 2.29. The first-order valence-electron chi connectivity index (χ1n) is 12.3. The number of anilines is 2. The van der Waals surface area contributed by atoms with E-state index in [1.165, 1.54) is 11.3 Å². The summed E-state index contributed by atoms with van der Waals surface area (Å²) in [6.07, 6.45) is 6.14. The summed E-state index contributed by atoms with van der Waals surface area (Å²) in [5.74, 6) is 1.12. The summed E-state index contributed by atoms with van der Waals surface area (Å²) in [4.78, 5) is 9.32. The predicted octanol–water partition coefficient (Wildman–Crippen LogP) is 5.79. The number of fused-ring (bicyclic) bond motifs is 1. The number of nitrogens with two attached hydrogens (primary N) is 1. The van der Waals surface area contributed by atoms with Gasteiger partial charge in [-0.05, 0) is 62.3 Å². The molecule has 0 aliphatic heterocycles. The molecule has 1 aliphatic rings. The summed E-state index contributed by atoms with van der Waals surface area (Å²) < 4.78 is 14.6. The molecule has 2 aromatic rings. The molecular weight excluding hydrogens is 401 g/mol. The van der Waals surface area contributed by atoms with Gasteiger partial charge >= 0.3 is 0 Å². The summed E-state index contributed by atoms with van der Waals surface area (Å²) in [6, 6.07) is 6.08. The fraction of sp³-hybridized carbons (Fsp3) is 0.615. The Kier molecular flexibility index (Phi) is 10.4. The van der Waals surface area contributed by atoms with Crippen LogP contribution < -0.4 is 16.4 Å². The van der Waals surface area contributed by atoms with Crippen LogP contribution in [0.3, 0.4) is 0 Å². The summed E-state index contributed by atoms with van der Waals surface area (Å²) in [5, 5.41) is 6.82. The minimum absolute atomic E-state index is 0.0314. The third-order valence-electron chi connectivity index (χ3n) is 6.12. The second-order valence-electron chi connectivity index (χ2n) is 8.75. The third kappa shape index (κ3) is 6.89. The predicted molar refractivity (Wildman–Crippen MR) is 134 cm³/mol. The quantitative estimate of drug-likeness (QED) is 0.427. The lowest BCUT2D eigenvalue weighted by Crippen LogP contribution is -2.36. The average molecular weight is 444 g/mol. The van der Waals surface area contributed by atoms with Gasteiger partial charge in [-0.25, -0.2) is 9.37 Å². The third-order valence-corrected chi connectivity index (χ3v) is 6.12. The van der Waals surface area contributed by atoms with E-state index in [1.807, 2.05) is 27.7 Å². The van der Waals surface area contributed by atoms with E-state index in [0.29, 0.717) is 12.5 Å². The van der Waals surface area contributed by atoms with E-state index in [-0.39, 0.29) is 23.7 Å². The van der Waals surface area contributed by atoms with Crippen molar-refractivity contribution >= 4 is 11.6 Å². The number of pyridine rings is 2. The molecule has 0 aromatic carbocycles. The minimum Gasteiger partial charge on any atom is -0.366 e. The van der Waals surface area contributed by atoms with E-state index in [9.17, 15) is 4.39 Å². The van der Waals surface area contributed by atoms with Crippen molar-refractivity contribution in [3.63, 3.8) is 0 Å². The molecule has 3 rings (SSSR count). The zero-order chi connectivity index (χ0) is 23.7. The van der Waals surface area contributed by atoms with Gasteiger partial charge < -0.3 is 16.4 Å². The molecule has 0 bridgehead atoms. The Hall–Kier alpha value is -2.21. The van der Waals surface area contributed by atoms with E-state index in [1.54, 1.807) is 6.07 Å². The standard InChI is InChI=1S/C24H36FN5.C2H6/c1-5-6-7-8-19(14-26)28-24-20(25)11-16(3)23(30-24)29-21-13-18-10-9-17(4)27-22(18)12-15(21)2;1-2/h9-11,15,19,21H,5-8,12-14,26H2,1-4H3,(H2,28,29,30);1-2H3. The summed E-state index contributed by atoms with van der Waals surface area (Å²) in [6.45, 7) is 12.8. The molecule has 0 spiro atoms. The number of rotatable bonds is 9. The zero-order valence-electron chi connectivity index (χ0n) is 20.8. The molecular formula is C26H42FN5. The zero-order valence-corrected chi connectivity index (χ0v) is 20.8. The van der Waals surface area contributed by atoms with Crippen LogP contribution in [-0.4, -0.2) is 28.6 Å². The van der Waals surface area contributed by atoms with Crippen LogP contribution in [0.4, 0.5) is 16.0 Å². The first kappa shape index (κ1) is 26.0. The van der Waals surface area contributed by atoms with Crippen LogP contribution in [-0.2, 0) is 12.8 Å². The van der Waals surface area contributed by atoms with Gasteiger partial charge in [-0.1, -0.05) is 53.0 Å². The number of aryl methyl sites for hydroxylation is 2. The van der Waals surface area contributed by atoms with Crippen LogP contribution in [0.1, 0.15) is 75.9 Å². The van der Waals surface area contributed by atoms with Crippen LogP contribution in [0.25, 0.3) is 0 Å². The Balaban J connectivity index is 0.00000176. The number of aromatic nitrogens is 2. The van der Waals surface area contributed by atoms with Crippen LogP contribution in [0.5, 0.6) is 0 Å². The average Bonchev–Trinajstić information content (AvgIpc) is 2.78. The first-order chi connectivity index (χ1) is 15.4. The number of nitrogens with one attached hydrogen (secondary N) is 2. The van der Waals surface area contributed by atoms with Gasteiger partial charge in [-0.2, -0.15) is 0 Å². The molecule has 0 amide bonds. The fourth-order valence-corrected chi connectivity index (χ4v) is 4.17. The van der Waals surface area contributed by atoms with Crippen molar-refractivity contribution in [3.05, 3.63) is 46.5 Å². The molecule has 0 saturated heterocycles. The maximum Gasteiger partial charge on any atom is 0.165 e. The molecule has 1 aliphatic carbocycles. The van der Waals surface area contributed by atoms with Crippen molar-refractivity contribution in [1.82, 2.24) is 9.97 Å². The summed E-state index contributed by atoms with van der Waals surface area (Å²) >= 11 is 0. The number of hydrogen-bond acceptors (Lipinski definition) is 5. The molecule has 0 saturated carbocycles. The van der Waals surface area contributed by atoms with Gasteiger partial charge in [0.1, 0.15) is 5.82 Å². The highest BCUT2D eigenvalue weighted by molar-refractivity contribution is 5.53. The Labute approximate surface area is 193 Å². The first-order valence-corrected chi connectivity index (χ1v) is 12.3. The van der Waals surface area contributed by atoms with E-state index < -0.39 is 0 Å². The van der Waals surface area contributed by atoms with Crippen LogP contribution in [0.2, 0.25) is 0 Å². The fourth-order valence-electron chi connectivity index (χ4n) is 4.17. The highest BCUT2D eigenvalue weighted by Gasteiger charge is 2.27. The van der Waals surface area contributed by atoms with Crippen LogP contribution >= 0.6 is 0 Å². The number of halogens is 1. The normalized spacial score (nSPS) is 18.2. The molecule has 3 unspecified atom stereocenters. The molecule has 178 valence electrons. The van der Waals surface area contributed by atoms with Gasteiger partial charge in [0.15, 0.2) is 11.6 Å². The monoisotopic (exact) mass is 443 g/mol. The van der Waals surface area contributed by atoms with Crippen LogP contribution in [0.15, 0.2) is 18.2 Å². The smallest absolute Gasteiger partial charge is 0.165 e. The topological polar surface area (TPSA) is 75.9 Å². The SMILES string of the molecule is CC.CCCCCC(CN)Nc1nc(NC2Cc3ccc(C)nc3CC2C)c(C)cc1F. The second kappa shape index (κ2) is 12.7. The molecule has 32 heavy (non-hydrogen) atoms. The Bertz CT molecular complexity index is 854. The van der Waals surface area contributed by atoms with Crippen molar-refractivity contribution in [2.24, 2.45) is 11.7 Å². The molecule has 5 nitrogen and oxygen atoms in total. The van der Waals surface area contributed by atoms with Crippen molar-refractivity contribution in [1.29, 1.82) is 0 Å². The maximum atomic E-state index is 14.6. The Morgan fingerprint density at radius 3 is 2.56 bits per heavy atom. The number of unbranched alkanes of at least 4 members (excludes halogenated alkanes) is 2. The summed E-state index contributed by atoms with van der Waals surface area (Å²) in [5.41, 5.74) is 10.3. The van der Waals surface area contributed by atoms with Gasteiger partial charge in [0, 0.05) is 30.0 Å². The van der Waals surface area contributed by atoms with Crippen molar-refractivity contribution in [2.75, 3.05) is 17.2 Å². The number of nitrogens with zero attached hydrogens (tertiary/aromatic N) is 2. The molecule has 0 fully saturated rings. The molecule has 0 radical (unpaired) electrons. The number of hydrogen-bond donors (Lipinski definition) is 3. The maximum absolute atomic E-state index is 14.6. The lowest BCUT2D eigenvalue weighted by molar-refractivity contribution is 0.442. The second-order valence-corrected chi connectivity index (χ2v) is 8.75. The van der Waals surface area contributed by atoms with Crippen molar-refractivity contribution in [3.8, 4) is 0 Å². The van der Waals surface area contributed by atoms with Gasteiger partial charge in [-0.15, -0.1) is 0 Å². The molecule has 3 atom stereocenters. The van der Waals surface area contributed by atoms with Gasteiger partial charge in [0.05, 0.1) is 0 Å². The molecule has 4 N–H and O–H groups in total. The van der Waals surface area contributed by atoms with Gasteiger partial charge in [-0.3, -0.25) is 4.98 Å². The van der Waals surface area contributed by atoms with Crippen LogP contribution in [0, 0.1) is 25.6 Å². The van der Waals surface area contributed by atoms with Crippen molar-refractivity contribution < 1.29 is 4.39 Å².